The average molecular weight is 254 g/mol. The monoisotopic (exact) mass is 254 g/mol. The van der Waals surface area contributed by atoms with Gasteiger partial charge in [0.1, 0.15) is 5.56 Å². The van der Waals surface area contributed by atoms with Crippen molar-refractivity contribution in [2.45, 2.75) is 12.8 Å². The van der Waals surface area contributed by atoms with E-state index in [2.05, 4.69) is 0 Å². The number of rotatable bonds is 6. The van der Waals surface area contributed by atoms with Gasteiger partial charge in [0.2, 0.25) is 0 Å². The molecule has 0 saturated heterocycles. The number of hydrogen-bond acceptors (Lipinski definition) is 6. The van der Waals surface area contributed by atoms with Crippen molar-refractivity contribution < 1.29 is 9.85 Å². The van der Waals surface area contributed by atoms with Crippen molar-refractivity contribution in [3.8, 4) is 0 Å². The van der Waals surface area contributed by atoms with Gasteiger partial charge in [-0.3, -0.25) is 20.2 Å². The van der Waals surface area contributed by atoms with Crippen LogP contribution in [0.2, 0.25) is 0 Å². The zero-order valence-electron chi connectivity index (χ0n) is 9.67. The van der Waals surface area contributed by atoms with Gasteiger partial charge in [0.25, 0.3) is 11.4 Å². The van der Waals surface area contributed by atoms with E-state index in [-0.39, 0.29) is 36.4 Å². The lowest BCUT2D eigenvalue weighted by Gasteiger charge is -2.06. The summed E-state index contributed by atoms with van der Waals surface area (Å²) in [6, 6.07) is 2.65. The van der Waals surface area contributed by atoms with Crippen molar-refractivity contribution >= 4 is 11.4 Å². The molecule has 8 heteroatoms. The molecule has 0 aliphatic carbocycles. The Morgan fingerprint density at radius 2 is 1.39 bits per heavy atom. The van der Waals surface area contributed by atoms with Crippen molar-refractivity contribution in [1.29, 1.82) is 0 Å². The maximum absolute atomic E-state index is 10.9. The first kappa shape index (κ1) is 14.0. The smallest absolute Gasteiger partial charge is 0.279 e. The normalized spacial score (nSPS) is 10.3. The molecule has 1 aromatic carbocycles. The van der Waals surface area contributed by atoms with Crippen LogP contribution in [0.4, 0.5) is 11.4 Å². The van der Waals surface area contributed by atoms with Crippen LogP contribution in [-0.4, -0.2) is 22.9 Å². The van der Waals surface area contributed by atoms with Crippen LogP contribution in [0.3, 0.4) is 0 Å². The SMILES string of the molecule is NCCc1cc([N+](=O)[O-])c(CCN)c([N+](=O)[O-])c1. The number of benzene rings is 1. The standard InChI is InChI=1S/C10H14N4O4/c11-3-1-7-5-9(13(15)16)8(2-4-12)10(6-7)14(17)18/h5-6H,1-4,11-12H2. The van der Waals surface area contributed by atoms with Crippen LogP contribution in [0.1, 0.15) is 11.1 Å². The Morgan fingerprint density at radius 3 is 1.72 bits per heavy atom. The van der Waals surface area contributed by atoms with E-state index in [0.717, 1.165) is 0 Å². The van der Waals surface area contributed by atoms with Gasteiger partial charge in [-0.2, -0.15) is 0 Å². The molecular weight excluding hydrogens is 240 g/mol. The van der Waals surface area contributed by atoms with Crippen molar-refractivity contribution in [3.63, 3.8) is 0 Å². The van der Waals surface area contributed by atoms with E-state index in [1.165, 1.54) is 12.1 Å². The fourth-order valence-electron chi connectivity index (χ4n) is 1.74. The van der Waals surface area contributed by atoms with Gasteiger partial charge in [0, 0.05) is 12.1 Å². The summed E-state index contributed by atoms with van der Waals surface area (Å²) in [4.78, 5) is 20.6. The molecule has 0 aliphatic heterocycles. The molecule has 1 rings (SSSR count). The highest BCUT2D eigenvalue weighted by molar-refractivity contribution is 5.56. The summed E-state index contributed by atoms with van der Waals surface area (Å²) < 4.78 is 0. The van der Waals surface area contributed by atoms with E-state index in [1.54, 1.807) is 0 Å². The molecule has 0 fully saturated rings. The molecule has 0 bridgehead atoms. The number of nitro groups is 2. The minimum atomic E-state index is -0.627. The molecule has 0 aromatic heterocycles. The summed E-state index contributed by atoms with van der Waals surface area (Å²) in [5, 5.41) is 21.9. The van der Waals surface area contributed by atoms with E-state index < -0.39 is 9.85 Å². The number of nitrogens with zero attached hydrogens (tertiary/aromatic N) is 2. The maximum Gasteiger partial charge on any atom is 0.279 e. The molecule has 0 aliphatic rings. The van der Waals surface area contributed by atoms with Gasteiger partial charge >= 0.3 is 0 Å². The lowest BCUT2D eigenvalue weighted by atomic mass is 10.0. The molecule has 1 aromatic rings. The quantitative estimate of drug-likeness (QED) is 0.560. The van der Waals surface area contributed by atoms with Gasteiger partial charge in [-0.05, 0) is 31.5 Å². The van der Waals surface area contributed by atoms with E-state index >= 15 is 0 Å². The first-order valence-corrected chi connectivity index (χ1v) is 5.36. The molecule has 8 nitrogen and oxygen atoms in total. The van der Waals surface area contributed by atoms with Crippen molar-refractivity contribution in [1.82, 2.24) is 0 Å². The third kappa shape index (κ3) is 2.99. The summed E-state index contributed by atoms with van der Waals surface area (Å²) in [6.45, 7) is 0.377. The average Bonchev–Trinajstić information content (AvgIpc) is 2.30. The molecule has 0 atom stereocenters. The second-order valence-electron chi connectivity index (χ2n) is 3.70. The molecular formula is C10H14N4O4. The van der Waals surface area contributed by atoms with Crippen LogP contribution < -0.4 is 11.5 Å². The van der Waals surface area contributed by atoms with Gasteiger partial charge in [0.05, 0.1) is 9.85 Å². The largest absolute Gasteiger partial charge is 0.330 e. The summed E-state index contributed by atoms with van der Waals surface area (Å²) in [5.41, 5.74) is 10.7. The second-order valence-corrected chi connectivity index (χ2v) is 3.70. The van der Waals surface area contributed by atoms with Crippen molar-refractivity contribution in [3.05, 3.63) is 43.5 Å². The minimum absolute atomic E-state index is 0.0632. The Kier molecular flexibility index (Phi) is 4.69. The summed E-state index contributed by atoms with van der Waals surface area (Å²) in [5.74, 6) is 0. The first-order chi connectivity index (χ1) is 8.51. The van der Waals surface area contributed by atoms with Gasteiger partial charge in [-0.1, -0.05) is 0 Å². The minimum Gasteiger partial charge on any atom is -0.330 e. The van der Waals surface area contributed by atoms with E-state index in [4.69, 9.17) is 11.5 Å². The molecule has 98 valence electrons. The number of hydrogen-bond donors (Lipinski definition) is 2. The highest BCUT2D eigenvalue weighted by atomic mass is 16.6. The maximum atomic E-state index is 10.9. The summed E-state index contributed by atoms with van der Waals surface area (Å²) >= 11 is 0. The summed E-state index contributed by atoms with van der Waals surface area (Å²) in [7, 11) is 0. The third-order valence-corrected chi connectivity index (χ3v) is 2.48. The second kappa shape index (κ2) is 6.03. The molecule has 4 N–H and O–H groups in total. The van der Waals surface area contributed by atoms with Crippen molar-refractivity contribution in [2.75, 3.05) is 13.1 Å². The topological polar surface area (TPSA) is 138 Å². The van der Waals surface area contributed by atoms with Gasteiger partial charge < -0.3 is 11.5 Å². The molecule has 0 heterocycles. The van der Waals surface area contributed by atoms with Crippen LogP contribution >= 0.6 is 0 Å². The molecule has 0 spiro atoms. The van der Waals surface area contributed by atoms with Gasteiger partial charge in [-0.25, -0.2) is 0 Å². The Morgan fingerprint density at radius 1 is 0.944 bits per heavy atom. The Labute approximate surface area is 103 Å². The van der Waals surface area contributed by atoms with Crippen LogP contribution in [-0.2, 0) is 12.8 Å². The summed E-state index contributed by atoms with van der Waals surface area (Å²) in [6.07, 6.45) is 0.445. The van der Waals surface area contributed by atoms with Crippen LogP contribution in [0.25, 0.3) is 0 Å². The third-order valence-electron chi connectivity index (χ3n) is 2.48. The molecule has 0 radical (unpaired) electrons. The zero-order valence-corrected chi connectivity index (χ0v) is 9.67. The van der Waals surface area contributed by atoms with E-state index in [0.29, 0.717) is 12.0 Å². The predicted octanol–water partition coefficient (Wildman–Crippen LogP) is 0.505. The zero-order chi connectivity index (χ0) is 13.7. The van der Waals surface area contributed by atoms with Crippen LogP contribution in [0.15, 0.2) is 12.1 Å². The van der Waals surface area contributed by atoms with E-state index in [9.17, 15) is 20.2 Å². The molecule has 0 unspecified atom stereocenters. The Balaban J connectivity index is 3.44. The van der Waals surface area contributed by atoms with Crippen LogP contribution in [0.5, 0.6) is 0 Å². The lowest BCUT2D eigenvalue weighted by molar-refractivity contribution is -0.395. The van der Waals surface area contributed by atoms with Gasteiger partial charge in [-0.15, -0.1) is 0 Å². The van der Waals surface area contributed by atoms with Crippen molar-refractivity contribution in [2.24, 2.45) is 11.5 Å². The van der Waals surface area contributed by atoms with E-state index in [1.807, 2.05) is 0 Å². The molecule has 0 saturated carbocycles. The van der Waals surface area contributed by atoms with Crippen LogP contribution in [0, 0.1) is 20.2 Å². The fraction of sp³-hybridized carbons (Fsp3) is 0.400. The Bertz CT molecular complexity index is 440. The number of nitrogens with two attached hydrogens (primary N) is 2. The highest BCUT2D eigenvalue weighted by Gasteiger charge is 2.25. The highest BCUT2D eigenvalue weighted by Crippen LogP contribution is 2.30. The fourth-order valence-corrected chi connectivity index (χ4v) is 1.74. The molecule has 0 amide bonds. The lowest BCUT2D eigenvalue weighted by Crippen LogP contribution is -2.10. The number of nitro benzene ring substituents is 2. The molecule has 18 heavy (non-hydrogen) atoms. The Hall–Kier alpha value is -2.06. The van der Waals surface area contributed by atoms with Gasteiger partial charge in [0.15, 0.2) is 0 Å². The predicted molar refractivity (Wildman–Crippen MR) is 65.3 cm³/mol. The first-order valence-electron chi connectivity index (χ1n) is 5.36.